The Labute approximate surface area is 109 Å². The number of furan rings is 1. The minimum atomic E-state index is -1.26. The molecule has 0 unspecified atom stereocenters. The first kappa shape index (κ1) is 11.6. The van der Waals surface area contributed by atoms with Gasteiger partial charge in [-0.05, 0) is 40.8 Å². The molecule has 1 saturated carbocycles. The van der Waals surface area contributed by atoms with Crippen molar-refractivity contribution in [2.45, 2.75) is 18.8 Å². The highest BCUT2D eigenvalue weighted by Crippen LogP contribution is 2.48. The van der Waals surface area contributed by atoms with E-state index in [1.54, 1.807) is 0 Å². The lowest BCUT2D eigenvalue weighted by molar-refractivity contribution is 0.0663. The Balaban J connectivity index is 2.44. The first-order valence-corrected chi connectivity index (χ1v) is 6.13. The number of rotatable bonds is 2. The van der Waals surface area contributed by atoms with Gasteiger partial charge < -0.3 is 9.52 Å². The summed E-state index contributed by atoms with van der Waals surface area (Å²) in [5.41, 5.74) is 0.129. The Bertz CT molecular complexity index is 674. The zero-order valence-corrected chi connectivity index (χ0v) is 10.6. The van der Waals surface area contributed by atoms with Gasteiger partial charge in [0.2, 0.25) is 11.6 Å². The van der Waals surface area contributed by atoms with Crippen LogP contribution in [0.4, 0.5) is 8.78 Å². The minimum absolute atomic E-state index is 0.0542. The summed E-state index contributed by atoms with van der Waals surface area (Å²) in [5.74, 6) is -3.72. The van der Waals surface area contributed by atoms with E-state index in [4.69, 9.17) is 9.52 Å². The van der Waals surface area contributed by atoms with Crippen molar-refractivity contribution < 1.29 is 23.1 Å². The highest BCUT2D eigenvalue weighted by molar-refractivity contribution is 9.10. The predicted octanol–water partition coefficient (Wildman–Crippen LogP) is 4.05. The molecule has 3 nitrogen and oxygen atoms in total. The van der Waals surface area contributed by atoms with Gasteiger partial charge in [-0.25, -0.2) is 9.18 Å². The normalized spacial score (nSPS) is 15.3. The van der Waals surface area contributed by atoms with E-state index >= 15 is 0 Å². The van der Waals surface area contributed by atoms with Gasteiger partial charge in [0.05, 0.1) is 0 Å². The lowest BCUT2D eigenvalue weighted by atomic mass is 10.1. The molecule has 94 valence electrons. The largest absolute Gasteiger partial charge is 0.475 e. The van der Waals surface area contributed by atoms with Crippen LogP contribution < -0.4 is 0 Å². The van der Waals surface area contributed by atoms with Gasteiger partial charge in [0, 0.05) is 15.4 Å². The summed E-state index contributed by atoms with van der Waals surface area (Å²) in [6.45, 7) is 0. The molecule has 1 N–H and O–H groups in total. The van der Waals surface area contributed by atoms with Gasteiger partial charge in [-0.3, -0.25) is 0 Å². The molecule has 1 heterocycles. The first-order valence-electron chi connectivity index (χ1n) is 5.34. The van der Waals surface area contributed by atoms with E-state index in [1.165, 1.54) is 0 Å². The Hall–Kier alpha value is -1.43. The van der Waals surface area contributed by atoms with Crippen LogP contribution in [0.3, 0.4) is 0 Å². The highest BCUT2D eigenvalue weighted by atomic mass is 79.9. The van der Waals surface area contributed by atoms with E-state index in [0.29, 0.717) is 15.4 Å². The molecular weight excluding hydrogens is 310 g/mol. The topological polar surface area (TPSA) is 50.4 Å². The molecule has 0 amide bonds. The number of carbonyl (C=O) groups is 1. The molecule has 1 aromatic heterocycles. The van der Waals surface area contributed by atoms with Gasteiger partial charge in [0.1, 0.15) is 0 Å². The average Bonchev–Trinajstić information content (AvgIpc) is 3.05. The molecule has 0 bridgehead atoms. The van der Waals surface area contributed by atoms with Gasteiger partial charge in [0.15, 0.2) is 11.4 Å². The molecule has 1 aliphatic rings. The molecule has 1 fully saturated rings. The standard InChI is InChI=1S/C12H7BrF2O3/c13-5-3-6(14)9(15)10-8(5)7(4-1-2-4)11(18-10)12(16)17/h3-4H,1-2H2,(H,16,17). The third kappa shape index (κ3) is 1.55. The van der Waals surface area contributed by atoms with Crippen LogP contribution in [0.25, 0.3) is 11.0 Å². The molecule has 0 saturated heterocycles. The van der Waals surface area contributed by atoms with Crippen LogP contribution in [0, 0.1) is 11.6 Å². The van der Waals surface area contributed by atoms with Crippen molar-refractivity contribution in [2.24, 2.45) is 0 Å². The van der Waals surface area contributed by atoms with Crippen molar-refractivity contribution in [1.29, 1.82) is 0 Å². The molecule has 18 heavy (non-hydrogen) atoms. The van der Waals surface area contributed by atoms with Crippen LogP contribution in [0.5, 0.6) is 0 Å². The highest BCUT2D eigenvalue weighted by Gasteiger charge is 2.35. The maximum absolute atomic E-state index is 13.6. The molecule has 6 heteroatoms. The SMILES string of the molecule is O=C(O)c1oc2c(F)c(F)cc(Br)c2c1C1CC1. The fourth-order valence-electron chi connectivity index (χ4n) is 2.11. The molecule has 0 aliphatic heterocycles. The van der Waals surface area contributed by atoms with Crippen molar-refractivity contribution in [2.75, 3.05) is 0 Å². The summed E-state index contributed by atoms with van der Waals surface area (Å²) < 4.78 is 32.2. The van der Waals surface area contributed by atoms with Crippen LogP contribution in [0.2, 0.25) is 0 Å². The van der Waals surface area contributed by atoms with Crippen molar-refractivity contribution in [3.63, 3.8) is 0 Å². The second-order valence-electron chi connectivity index (χ2n) is 4.28. The molecule has 0 spiro atoms. The molecule has 2 aromatic rings. The van der Waals surface area contributed by atoms with E-state index in [0.717, 1.165) is 18.9 Å². The number of benzene rings is 1. The van der Waals surface area contributed by atoms with Crippen LogP contribution >= 0.6 is 15.9 Å². The molecule has 0 atom stereocenters. The second-order valence-corrected chi connectivity index (χ2v) is 5.14. The number of halogens is 3. The quantitative estimate of drug-likeness (QED) is 0.850. The smallest absolute Gasteiger partial charge is 0.372 e. The van der Waals surface area contributed by atoms with Gasteiger partial charge in [0.25, 0.3) is 0 Å². The number of carboxylic acid groups (broad SMARTS) is 1. The van der Waals surface area contributed by atoms with E-state index in [-0.39, 0.29) is 17.3 Å². The summed E-state index contributed by atoms with van der Waals surface area (Å²) in [4.78, 5) is 11.1. The maximum Gasteiger partial charge on any atom is 0.372 e. The lowest BCUT2D eigenvalue weighted by Gasteiger charge is -1.99. The number of hydrogen-bond donors (Lipinski definition) is 1. The molecule has 3 rings (SSSR count). The number of aromatic carboxylic acids is 1. The zero-order valence-electron chi connectivity index (χ0n) is 8.97. The average molecular weight is 317 g/mol. The molecule has 0 radical (unpaired) electrons. The van der Waals surface area contributed by atoms with Gasteiger partial charge in [-0.1, -0.05) is 0 Å². The summed E-state index contributed by atoms with van der Waals surface area (Å²) in [5, 5.41) is 9.40. The fraction of sp³-hybridized carbons (Fsp3) is 0.250. The minimum Gasteiger partial charge on any atom is -0.475 e. The fourth-order valence-corrected chi connectivity index (χ4v) is 2.71. The Kier molecular flexibility index (Phi) is 2.45. The first-order chi connectivity index (χ1) is 8.50. The van der Waals surface area contributed by atoms with E-state index < -0.39 is 17.6 Å². The Morgan fingerprint density at radius 2 is 2.11 bits per heavy atom. The van der Waals surface area contributed by atoms with Crippen molar-refractivity contribution in [3.8, 4) is 0 Å². The molecule has 1 aliphatic carbocycles. The van der Waals surface area contributed by atoms with Crippen molar-refractivity contribution in [3.05, 3.63) is 33.5 Å². The summed E-state index contributed by atoms with van der Waals surface area (Å²) in [6.07, 6.45) is 1.67. The van der Waals surface area contributed by atoms with Gasteiger partial charge >= 0.3 is 5.97 Å². The third-order valence-corrected chi connectivity index (χ3v) is 3.65. The van der Waals surface area contributed by atoms with E-state index in [9.17, 15) is 13.6 Å². The Morgan fingerprint density at radius 3 is 2.67 bits per heavy atom. The third-order valence-electron chi connectivity index (χ3n) is 3.03. The van der Waals surface area contributed by atoms with Crippen LogP contribution in [-0.4, -0.2) is 11.1 Å². The van der Waals surface area contributed by atoms with Gasteiger partial charge in [-0.15, -0.1) is 0 Å². The zero-order chi connectivity index (χ0) is 13.0. The summed E-state index contributed by atoms with van der Waals surface area (Å²) in [7, 11) is 0. The predicted molar refractivity (Wildman–Crippen MR) is 62.8 cm³/mol. The van der Waals surface area contributed by atoms with Crippen molar-refractivity contribution in [1.82, 2.24) is 0 Å². The Morgan fingerprint density at radius 1 is 1.44 bits per heavy atom. The number of carboxylic acids is 1. The number of hydrogen-bond acceptors (Lipinski definition) is 2. The monoisotopic (exact) mass is 316 g/mol. The molecular formula is C12H7BrF2O3. The summed E-state index contributed by atoms with van der Waals surface area (Å²) >= 11 is 3.13. The van der Waals surface area contributed by atoms with Gasteiger partial charge in [-0.2, -0.15) is 4.39 Å². The number of fused-ring (bicyclic) bond motifs is 1. The van der Waals surface area contributed by atoms with Crippen LogP contribution in [-0.2, 0) is 0 Å². The second kappa shape index (κ2) is 3.78. The maximum atomic E-state index is 13.6. The lowest BCUT2D eigenvalue weighted by Crippen LogP contribution is -1.97. The van der Waals surface area contributed by atoms with E-state index in [2.05, 4.69) is 15.9 Å². The van der Waals surface area contributed by atoms with Crippen LogP contribution in [0.1, 0.15) is 34.9 Å². The van der Waals surface area contributed by atoms with Crippen molar-refractivity contribution >= 4 is 32.9 Å². The summed E-state index contributed by atoms with van der Waals surface area (Å²) in [6, 6.07) is 0.991. The van der Waals surface area contributed by atoms with E-state index in [1.807, 2.05) is 0 Å². The van der Waals surface area contributed by atoms with Crippen LogP contribution in [0.15, 0.2) is 15.0 Å². The molecule has 1 aromatic carbocycles.